The lowest BCUT2D eigenvalue weighted by atomic mass is 10.1. The molecular weight excluding hydrogens is 408 g/mol. The number of allylic oxidation sites excluding steroid dienone is 1. The molecular formula is C23H30N6O3. The second kappa shape index (κ2) is 10.5. The van der Waals surface area contributed by atoms with Crippen LogP contribution >= 0.6 is 0 Å². The minimum absolute atomic E-state index is 0.0835. The first-order chi connectivity index (χ1) is 15.7. The van der Waals surface area contributed by atoms with Crippen LogP contribution in [0.25, 0.3) is 10.9 Å². The number of carbonyl (C=O) groups is 2. The maximum atomic E-state index is 12.8. The topological polar surface area (TPSA) is 111 Å². The van der Waals surface area contributed by atoms with Gasteiger partial charge in [0.2, 0.25) is 0 Å². The molecule has 2 aromatic rings. The molecule has 2 aliphatic rings. The van der Waals surface area contributed by atoms with Crippen LogP contribution in [0.15, 0.2) is 36.0 Å². The predicted molar refractivity (Wildman–Crippen MR) is 123 cm³/mol. The highest BCUT2D eigenvalue weighted by Crippen LogP contribution is 2.23. The molecule has 0 bridgehead atoms. The third kappa shape index (κ3) is 5.24. The van der Waals surface area contributed by atoms with E-state index < -0.39 is 0 Å². The molecule has 9 heteroatoms. The first-order valence-electron chi connectivity index (χ1n) is 11.1. The lowest BCUT2D eigenvalue weighted by Gasteiger charge is -2.26. The largest absolute Gasteiger partial charge is 0.379 e. The first-order valence-corrected chi connectivity index (χ1v) is 11.1. The van der Waals surface area contributed by atoms with E-state index in [2.05, 4.69) is 20.9 Å². The van der Waals surface area contributed by atoms with E-state index in [1.165, 1.54) is 0 Å². The monoisotopic (exact) mass is 438 g/mol. The molecule has 0 radical (unpaired) electrons. The highest BCUT2D eigenvalue weighted by Gasteiger charge is 2.19. The van der Waals surface area contributed by atoms with Gasteiger partial charge in [-0.2, -0.15) is 0 Å². The van der Waals surface area contributed by atoms with Gasteiger partial charge in [-0.1, -0.05) is 6.07 Å². The van der Waals surface area contributed by atoms with E-state index in [4.69, 9.17) is 10.1 Å². The lowest BCUT2D eigenvalue weighted by molar-refractivity contribution is 0.0385. The number of ether oxygens (including phenoxy) is 1. The number of aromatic nitrogens is 1. The van der Waals surface area contributed by atoms with Gasteiger partial charge in [-0.05, 0) is 30.7 Å². The number of rotatable bonds is 8. The van der Waals surface area contributed by atoms with Crippen LogP contribution in [-0.2, 0) is 11.3 Å². The average Bonchev–Trinajstić information content (AvgIpc) is 3.09. The van der Waals surface area contributed by atoms with Gasteiger partial charge in [-0.3, -0.25) is 14.5 Å². The minimum Gasteiger partial charge on any atom is -0.379 e. The van der Waals surface area contributed by atoms with Crippen molar-refractivity contribution in [1.29, 1.82) is 5.41 Å². The zero-order chi connectivity index (χ0) is 22.3. The van der Waals surface area contributed by atoms with Gasteiger partial charge in [0.25, 0.3) is 11.8 Å². The predicted octanol–water partition coefficient (Wildman–Crippen LogP) is 0.960. The van der Waals surface area contributed by atoms with Gasteiger partial charge in [-0.15, -0.1) is 0 Å². The van der Waals surface area contributed by atoms with Crippen LogP contribution in [0.3, 0.4) is 0 Å². The number of fused-ring (bicyclic) bond motifs is 3. The minimum atomic E-state index is -0.274. The molecule has 9 nitrogen and oxygen atoms in total. The Morgan fingerprint density at radius 2 is 2.06 bits per heavy atom. The molecule has 32 heavy (non-hydrogen) atoms. The van der Waals surface area contributed by atoms with E-state index in [0.717, 1.165) is 69.5 Å². The van der Waals surface area contributed by atoms with Crippen molar-refractivity contribution in [3.63, 3.8) is 0 Å². The molecule has 4 rings (SSSR count). The Morgan fingerprint density at radius 1 is 1.22 bits per heavy atom. The Bertz CT molecular complexity index is 1020. The second-order valence-electron chi connectivity index (χ2n) is 7.98. The molecule has 1 aromatic carbocycles. The average molecular weight is 439 g/mol. The van der Waals surface area contributed by atoms with E-state index >= 15 is 0 Å². The molecule has 4 N–H and O–H groups in total. The van der Waals surface area contributed by atoms with E-state index in [-0.39, 0.29) is 11.8 Å². The number of aryl methyl sites for hydroxylation is 1. The molecule has 0 unspecified atom stereocenters. The van der Waals surface area contributed by atoms with Crippen LogP contribution in [-0.4, -0.2) is 80.0 Å². The SMILES string of the molecule is N=CC(=CCNCCN1CCOCC1)NC(=O)c1ccc2cc3n(c2c1)CCCNC3=O. The number of hydrogen-bond acceptors (Lipinski definition) is 6. The van der Waals surface area contributed by atoms with Gasteiger partial charge in [0.05, 0.1) is 18.9 Å². The molecule has 3 heterocycles. The van der Waals surface area contributed by atoms with Crippen molar-refractivity contribution < 1.29 is 14.3 Å². The molecule has 170 valence electrons. The van der Waals surface area contributed by atoms with E-state index in [1.54, 1.807) is 12.1 Å². The smallest absolute Gasteiger partial charge is 0.267 e. The number of amides is 2. The summed E-state index contributed by atoms with van der Waals surface area (Å²) >= 11 is 0. The highest BCUT2D eigenvalue weighted by atomic mass is 16.5. The Hall–Kier alpha value is -3.01. The molecule has 1 aromatic heterocycles. The van der Waals surface area contributed by atoms with Gasteiger partial charge in [0.1, 0.15) is 5.69 Å². The zero-order valence-electron chi connectivity index (χ0n) is 18.2. The maximum Gasteiger partial charge on any atom is 0.267 e. The number of morpholine rings is 1. The maximum absolute atomic E-state index is 12.8. The number of carbonyl (C=O) groups excluding carboxylic acids is 2. The number of benzene rings is 1. The summed E-state index contributed by atoms with van der Waals surface area (Å²) in [6.07, 6.45) is 3.79. The summed E-state index contributed by atoms with van der Waals surface area (Å²) in [5.74, 6) is -0.358. The third-order valence-corrected chi connectivity index (χ3v) is 5.83. The van der Waals surface area contributed by atoms with Crippen molar-refractivity contribution in [2.75, 3.05) is 52.5 Å². The summed E-state index contributed by atoms with van der Waals surface area (Å²) < 4.78 is 7.32. The van der Waals surface area contributed by atoms with Gasteiger partial charge in [-0.25, -0.2) is 0 Å². The van der Waals surface area contributed by atoms with Crippen LogP contribution in [0, 0.1) is 5.41 Å². The molecule has 0 spiro atoms. The molecule has 2 aliphatic heterocycles. The van der Waals surface area contributed by atoms with Crippen molar-refractivity contribution in [2.45, 2.75) is 13.0 Å². The van der Waals surface area contributed by atoms with E-state index in [1.807, 2.05) is 22.8 Å². The molecule has 1 fully saturated rings. The van der Waals surface area contributed by atoms with Crippen LogP contribution < -0.4 is 16.0 Å². The Morgan fingerprint density at radius 3 is 2.88 bits per heavy atom. The first kappa shape index (κ1) is 22.2. The fourth-order valence-electron chi connectivity index (χ4n) is 4.05. The number of nitrogens with one attached hydrogen (secondary N) is 4. The summed E-state index contributed by atoms with van der Waals surface area (Å²) in [4.78, 5) is 27.4. The van der Waals surface area contributed by atoms with Gasteiger partial charge in [0, 0.05) is 68.5 Å². The van der Waals surface area contributed by atoms with E-state index in [9.17, 15) is 9.59 Å². The quantitative estimate of drug-likeness (QED) is 0.362. The number of hydrogen-bond donors (Lipinski definition) is 4. The van der Waals surface area contributed by atoms with Crippen molar-refractivity contribution in [3.05, 3.63) is 47.3 Å². The van der Waals surface area contributed by atoms with Crippen molar-refractivity contribution in [3.8, 4) is 0 Å². The molecule has 1 saturated heterocycles. The fourth-order valence-corrected chi connectivity index (χ4v) is 4.05. The zero-order valence-corrected chi connectivity index (χ0v) is 18.2. The fraction of sp³-hybridized carbons (Fsp3) is 0.435. The van der Waals surface area contributed by atoms with Crippen LogP contribution in [0.4, 0.5) is 0 Å². The van der Waals surface area contributed by atoms with Crippen molar-refractivity contribution in [1.82, 2.24) is 25.4 Å². The second-order valence-corrected chi connectivity index (χ2v) is 7.98. The van der Waals surface area contributed by atoms with Gasteiger partial charge in [0.15, 0.2) is 0 Å². The number of nitrogens with zero attached hydrogens (tertiary/aromatic N) is 2. The third-order valence-electron chi connectivity index (χ3n) is 5.83. The molecule has 0 saturated carbocycles. The van der Waals surface area contributed by atoms with Crippen molar-refractivity contribution in [2.24, 2.45) is 0 Å². The summed E-state index contributed by atoms with van der Waals surface area (Å²) in [7, 11) is 0. The van der Waals surface area contributed by atoms with Crippen molar-refractivity contribution >= 4 is 28.9 Å². The lowest BCUT2D eigenvalue weighted by Crippen LogP contribution is -2.40. The summed E-state index contributed by atoms with van der Waals surface area (Å²) in [6.45, 7) is 7.21. The van der Waals surface area contributed by atoms with Gasteiger partial charge < -0.3 is 30.7 Å². The summed E-state index contributed by atoms with van der Waals surface area (Å²) in [5, 5.41) is 17.6. The Kier molecular flexibility index (Phi) is 7.31. The molecule has 0 aliphatic carbocycles. The molecule has 2 amide bonds. The van der Waals surface area contributed by atoms with E-state index in [0.29, 0.717) is 30.0 Å². The van der Waals surface area contributed by atoms with Crippen LogP contribution in [0.1, 0.15) is 27.3 Å². The standard InChI is InChI=1S/C23H30N6O3/c24-16-19(4-6-25-7-9-28-10-12-32-13-11-28)27-22(30)18-3-2-17-14-21-23(31)26-5-1-8-29(21)20(17)15-18/h2-4,14-16,24-25H,1,5-13H2,(H,26,31)(H,27,30). The van der Waals surface area contributed by atoms with Crippen LogP contribution in [0.2, 0.25) is 0 Å². The normalized spacial score (nSPS) is 17.5. The van der Waals surface area contributed by atoms with Gasteiger partial charge >= 0.3 is 0 Å². The highest BCUT2D eigenvalue weighted by molar-refractivity contribution is 6.03. The summed E-state index contributed by atoms with van der Waals surface area (Å²) in [6, 6.07) is 7.29. The Balaban J connectivity index is 1.36. The molecule has 0 atom stereocenters. The van der Waals surface area contributed by atoms with Crippen LogP contribution in [0.5, 0.6) is 0 Å². The summed E-state index contributed by atoms with van der Waals surface area (Å²) in [5.41, 5.74) is 2.44. The Labute approximate surface area is 187 Å².